The van der Waals surface area contributed by atoms with Crippen LogP contribution in [0.2, 0.25) is 0 Å². The SMILES string of the molecule is NC(=O)c1cn(C2CC3CCC2C3)c2nc(Nc3ccc(N)cc3)ncc2c1=O. The standard InChI is InChI=1S/C21H22N6O2/c22-13-3-5-14(6-4-13)25-21-24-9-15-18(28)16(19(23)29)10-27(20(15)26-21)17-8-11-1-2-12(17)7-11/h3-6,9-12,17H,1-2,7-8,22H2,(H2,23,29)(H,24,25,26). The summed E-state index contributed by atoms with van der Waals surface area (Å²) in [6.45, 7) is 0. The van der Waals surface area contributed by atoms with E-state index < -0.39 is 11.3 Å². The Morgan fingerprint density at radius 1 is 1.17 bits per heavy atom. The van der Waals surface area contributed by atoms with Crippen LogP contribution in [0, 0.1) is 11.8 Å². The topological polar surface area (TPSA) is 129 Å². The monoisotopic (exact) mass is 390 g/mol. The lowest BCUT2D eigenvalue weighted by atomic mass is 9.94. The van der Waals surface area contributed by atoms with Crippen LogP contribution in [0.3, 0.4) is 0 Å². The summed E-state index contributed by atoms with van der Waals surface area (Å²) in [6.07, 6.45) is 7.70. The summed E-state index contributed by atoms with van der Waals surface area (Å²) >= 11 is 0. The maximum absolute atomic E-state index is 12.8. The van der Waals surface area contributed by atoms with Gasteiger partial charge in [-0.15, -0.1) is 0 Å². The Balaban J connectivity index is 1.64. The number of aromatic nitrogens is 3. The molecule has 0 spiro atoms. The molecule has 0 radical (unpaired) electrons. The zero-order valence-corrected chi connectivity index (χ0v) is 15.8. The van der Waals surface area contributed by atoms with E-state index in [1.165, 1.54) is 19.0 Å². The van der Waals surface area contributed by atoms with E-state index in [0.717, 1.165) is 18.5 Å². The highest BCUT2D eigenvalue weighted by molar-refractivity contribution is 5.95. The highest BCUT2D eigenvalue weighted by Gasteiger charge is 2.41. The van der Waals surface area contributed by atoms with Gasteiger partial charge >= 0.3 is 0 Å². The van der Waals surface area contributed by atoms with E-state index in [1.54, 1.807) is 18.3 Å². The largest absolute Gasteiger partial charge is 0.399 e. The first-order chi connectivity index (χ1) is 14.0. The second-order valence-electron chi connectivity index (χ2n) is 8.06. The van der Waals surface area contributed by atoms with E-state index in [9.17, 15) is 9.59 Å². The van der Waals surface area contributed by atoms with Crippen molar-refractivity contribution >= 4 is 34.3 Å². The Bertz CT molecular complexity index is 1170. The molecule has 2 aromatic heterocycles. The summed E-state index contributed by atoms with van der Waals surface area (Å²) in [5.41, 5.74) is 12.8. The molecule has 3 aromatic rings. The number of primary amides is 1. The number of nitrogens with one attached hydrogen (secondary N) is 1. The number of carbonyl (C=O) groups excluding carboxylic acids is 1. The van der Waals surface area contributed by atoms with Crippen molar-refractivity contribution in [1.29, 1.82) is 0 Å². The smallest absolute Gasteiger partial charge is 0.254 e. The second kappa shape index (κ2) is 6.58. The van der Waals surface area contributed by atoms with Crippen molar-refractivity contribution in [2.24, 2.45) is 17.6 Å². The fourth-order valence-corrected chi connectivity index (χ4v) is 4.87. The molecule has 5 rings (SSSR count). The summed E-state index contributed by atoms with van der Waals surface area (Å²) < 4.78 is 1.98. The molecule has 0 saturated heterocycles. The number of benzene rings is 1. The predicted molar refractivity (Wildman–Crippen MR) is 111 cm³/mol. The minimum absolute atomic E-state index is 0.0110. The second-order valence-corrected chi connectivity index (χ2v) is 8.06. The number of rotatable bonds is 4. The van der Waals surface area contributed by atoms with Gasteiger partial charge in [-0.3, -0.25) is 9.59 Å². The average molecular weight is 390 g/mol. The third-order valence-electron chi connectivity index (χ3n) is 6.26. The van der Waals surface area contributed by atoms with Gasteiger partial charge < -0.3 is 21.4 Å². The molecule has 0 aliphatic heterocycles. The molecule has 148 valence electrons. The highest BCUT2D eigenvalue weighted by Crippen LogP contribution is 2.51. The molecule has 2 aliphatic carbocycles. The number of anilines is 3. The first-order valence-electron chi connectivity index (χ1n) is 9.84. The van der Waals surface area contributed by atoms with Gasteiger partial charge in [-0.1, -0.05) is 6.42 Å². The summed E-state index contributed by atoms with van der Waals surface area (Å²) in [5.74, 6) is 0.893. The van der Waals surface area contributed by atoms with Gasteiger partial charge in [0.15, 0.2) is 0 Å². The number of hydrogen-bond acceptors (Lipinski definition) is 6. The molecular formula is C21H22N6O2. The molecule has 8 nitrogen and oxygen atoms in total. The van der Waals surface area contributed by atoms with Crippen LogP contribution in [0.5, 0.6) is 0 Å². The number of nitrogens with zero attached hydrogens (tertiary/aromatic N) is 3. The van der Waals surface area contributed by atoms with Crippen LogP contribution in [0.15, 0.2) is 41.5 Å². The minimum Gasteiger partial charge on any atom is -0.399 e. The van der Waals surface area contributed by atoms with Gasteiger partial charge in [0.25, 0.3) is 5.91 Å². The molecule has 1 aromatic carbocycles. The van der Waals surface area contributed by atoms with Crippen LogP contribution >= 0.6 is 0 Å². The van der Waals surface area contributed by atoms with Crippen molar-refractivity contribution in [1.82, 2.24) is 14.5 Å². The average Bonchev–Trinajstić information content (AvgIpc) is 3.33. The molecule has 2 aliphatic rings. The summed E-state index contributed by atoms with van der Waals surface area (Å²) in [7, 11) is 0. The summed E-state index contributed by atoms with van der Waals surface area (Å²) in [6, 6.07) is 7.46. The van der Waals surface area contributed by atoms with Gasteiger partial charge in [0.05, 0.1) is 5.39 Å². The van der Waals surface area contributed by atoms with Gasteiger partial charge in [0, 0.05) is 29.8 Å². The highest BCUT2D eigenvalue weighted by atomic mass is 16.2. The van der Waals surface area contributed by atoms with Crippen LogP contribution in [-0.4, -0.2) is 20.4 Å². The zero-order valence-electron chi connectivity index (χ0n) is 15.8. The van der Waals surface area contributed by atoms with Crippen LogP contribution in [-0.2, 0) is 0 Å². The zero-order chi connectivity index (χ0) is 20.1. The lowest BCUT2D eigenvalue weighted by Crippen LogP contribution is -2.27. The Hall–Kier alpha value is -3.42. The number of carbonyl (C=O) groups is 1. The Labute approximate surface area is 166 Å². The predicted octanol–water partition coefficient (Wildman–Crippen LogP) is 2.58. The van der Waals surface area contributed by atoms with Crippen molar-refractivity contribution in [3.8, 4) is 0 Å². The van der Waals surface area contributed by atoms with Crippen molar-refractivity contribution in [3.05, 3.63) is 52.4 Å². The first-order valence-corrected chi connectivity index (χ1v) is 9.84. The van der Waals surface area contributed by atoms with Gasteiger partial charge in [0.2, 0.25) is 11.4 Å². The van der Waals surface area contributed by atoms with E-state index in [2.05, 4.69) is 15.3 Å². The van der Waals surface area contributed by atoms with Crippen molar-refractivity contribution in [2.75, 3.05) is 11.1 Å². The molecular weight excluding hydrogens is 368 g/mol. The van der Waals surface area contributed by atoms with Crippen LogP contribution in [0.1, 0.15) is 42.1 Å². The summed E-state index contributed by atoms with van der Waals surface area (Å²) in [4.78, 5) is 33.6. The molecule has 29 heavy (non-hydrogen) atoms. The van der Waals surface area contributed by atoms with Gasteiger partial charge in [-0.2, -0.15) is 4.98 Å². The Kier molecular flexibility index (Phi) is 4.01. The van der Waals surface area contributed by atoms with Crippen molar-refractivity contribution in [2.45, 2.75) is 31.7 Å². The third-order valence-corrected chi connectivity index (χ3v) is 6.26. The number of amides is 1. The van der Waals surface area contributed by atoms with Crippen molar-refractivity contribution in [3.63, 3.8) is 0 Å². The normalized spacial score (nSPS) is 22.8. The van der Waals surface area contributed by atoms with Crippen molar-refractivity contribution < 1.29 is 4.79 Å². The summed E-state index contributed by atoms with van der Waals surface area (Å²) in [5, 5.41) is 3.46. The van der Waals surface area contributed by atoms with E-state index in [0.29, 0.717) is 34.5 Å². The molecule has 8 heteroatoms. The lowest BCUT2D eigenvalue weighted by Gasteiger charge is -2.26. The number of pyridine rings is 1. The Morgan fingerprint density at radius 2 is 1.97 bits per heavy atom. The molecule has 3 atom stereocenters. The third kappa shape index (κ3) is 3.00. The van der Waals surface area contributed by atoms with Gasteiger partial charge in [-0.05, 0) is 55.4 Å². The van der Waals surface area contributed by atoms with Crippen LogP contribution in [0.4, 0.5) is 17.3 Å². The van der Waals surface area contributed by atoms with Crippen LogP contribution < -0.4 is 22.2 Å². The lowest BCUT2D eigenvalue weighted by molar-refractivity contribution is 0.0998. The molecule has 5 N–H and O–H groups in total. The van der Waals surface area contributed by atoms with Gasteiger partial charge in [-0.25, -0.2) is 4.98 Å². The number of nitrogen functional groups attached to an aromatic ring is 1. The van der Waals surface area contributed by atoms with E-state index >= 15 is 0 Å². The number of hydrogen-bond donors (Lipinski definition) is 3. The fourth-order valence-electron chi connectivity index (χ4n) is 4.87. The Morgan fingerprint density at radius 3 is 2.62 bits per heavy atom. The first kappa shape index (κ1) is 17.7. The number of nitrogens with two attached hydrogens (primary N) is 2. The molecule has 1 amide bonds. The quantitative estimate of drug-likeness (QED) is 0.587. The molecule has 2 heterocycles. The van der Waals surface area contributed by atoms with Gasteiger partial charge in [0.1, 0.15) is 11.2 Å². The maximum atomic E-state index is 12.8. The molecule has 3 unspecified atom stereocenters. The van der Waals surface area contributed by atoms with E-state index in [1.807, 2.05) is 16.7 Å². The maximum Gasteiger partial charge on any atom is 0.254 e. The molecule has 2 fully saturated rings. The fraction of sp³-hybridized carbons (Fsp3) is 0.333. The van der Waals surface area contributed by atoms with Crippen LogP contribution in [0.25, 0.3) is 11.0 Å². The van der Waals surface area contributed by atoms with E-state index in [4.69, 9.17) is 11.5 Å². The van der Waals surface area contributed by atoms with E-state index in [-0.39, 0.29) is 11.6 Å². The molecule has 2 bridgehead atoms. The minimum atomic E-state index is -0.724. The molecule has 2 saturated carbocycles. The number of fused-ring (bicyclic) bond motifs is 3.